The van der Waals surface area contributed by atoms with Crippen molar-refractivity contribution >= 4 is 58.0 Å². The molecule has 0 fully saturated rings. The lowest BCUT2D eigenvalue weighted by atomic mass is 9.92. The largest absolute Gasteiger partial charge is 0.361 e. The second-order valence-electron chi connectivity index (χ2n) is 9.13. The molecule has 0 aromatic heterocycles. The summed E-state index contributed by atoms with van der Waals surface area (Å²) in [5.74, 6) is -0.0102. The van der Waals surface area contributed by atoms with Crippen molar-refractivity contribution < 1.29 is 9.59 Å². The van der Waals surface area contributed by atoms with E-state index in [-0.39, 0.29) is 11.6 Å². The fourth-order valence-electron chi connectivity index (χ4n) is 4.53. The Hall–Kier alpha value is -4.87. The molecular weight excluding hydrogens is 500 g/mol. The standard InChI is InChI=1S/C34H24N2O2S/c37-33-19-9-23-5-1-3-7-29(23)31(33)21-35-25-11-15-27(16-12-25)39-28-17-13-26(14-18-28)36-22-32-30-8-4-2-6-24(30)10-20-34(32)38/h1-22,35-36H/b31-21-,32-22-. The number of allylic oxidation sites excluding steroid dienone is 4. The van der Waals surface area contributed by atoms with E-state index in [9.17, 15) is 9.59 Å². The summed E-state index contributed by atoms with van der Waals surface area (Å²) in [6.07, 6.45) is 10.5. The molecule has 6 rings (SSSR count). The molecule has 0 saturated heterocycles. The fourth-order valence-corrected chi connectivity index (χ4v) is 5.35. The molecule has 0 aliphatic heterocycles. The van der Waals surface area contributed by atoms with E-state index in [2.05, 4.69) is 34.9 Å². The third-order valence-electron chi connectivity index (χ3n) is 6.57. The highest BCUT2D eigenvalue weighted by Gasteiger charge is 2.17. The van der Waals surface area contributed by atoms with Gasteiger partial charge in [0.2, 0.25) is 0 Å². The van der Waals surface area contributed by atoms with Crippen molar-refractivity contribution in [2.45, 2.75) is 9.79 Å². The predicted octanol–water partition coefficient (Wildman–Crippen LogP) is 7.94. The molecule has 0 bridgehead atoms. The van der Waals surface area contributed by atoms with E-state index in [4.69, 9.17) is 0 Å². The van der Waals surface area contributed by atoms with Gasteiger partial charge in [-0.15, -0.1) is 0 Å². The Bertz CT molecular complexity index is 1570. The first-order valence-corrected chi connectivity index (χ1v) is 13.4. The molecule has 2 N–H and O–H groups in total. The summed E-state index contributed by atoms with van der Waals surface area (Å²) in [6, 6.07) is 32.0. The molecule has 0 saturated carbocycles. The minimum absolute atomic E-state index is 0.00509. The summed E-state index contributed by atoms with van der Waals surface area (Å²) in [6.45, 7) is 0. The zero-order valence-electron chi connectivity index (χ0n) is 20.9. The van der Waals surface area contributed by atoms with Gasteiger partial charge in [0.15, 0.2) is 11.6 Å². The highest BCUT2D eigenvalue weighted by Crippen LogP contribution is 2.31. The molecule has 0 spiro atoms. The summed E-state index contributed by atoms with van der Waals surface area (Å²) in [4.78, 5) is 27.1. The number of fused-ring (bicyclic) bond motifs is 2. The summed E-state index contributed by atoms with van der Waals surface area (Å²) < 4.78 is 0. The van der Waals surface area contributed by atoms with Gasteiger partial charge in [0.1, 0.15) is 0 Å². The number of rotatable bonds is 6. The van der Waals surface area contributed by atoms with Crippen LogP contribution in [0.1, 0.15) is 22.3 Å². The van der Waals surface area contributed by atoms with Gasteiger partial charge in [-0.3, -0.25) is 9.59 Å². The van der Waals surface area contributed by atoms with Gasteiger partial charge in [-0.25, -0.2) is 0 Å². The van der Waals surface area contributed by atoms with Crippen molar-refractivity contribution in [2.75, 3.05) is 10.6 Å². The molecule has 5 heteroatoms. The van der Waals surface area contributed by atoms with Crippen molar-refractivity contribution in [3.05, 3.63) is 144 Å². The molecule has 4 nitrogen and oxygen atoms in total. The lowest BCUT2D eigenvalue weighted by molar-refractivity contribution is -0.110. The third kappa shape index (κ3) is 5.40. The van der Waals surface area contributed by atoms with Crippen molar-refractivity contribution in [1.29, 1.82) is 0 Å². The molecular formula is C34H24N2O2S. The lowest BCUT2D eigenvalue weighted by Crippen LogP contribution is -2.06. The molecule has 0 amide bonds. The summed E-state index contributed by atoms with van der Waals surface area (Å²) in [5, 5.41) is 6.53. The van der Waals surface area contributed by atoms with Gasteiger partial charge in [0, 0.05) is 44.7 Å². The minimum Gasteiger partial charge on any atom is -0.361 e. The molecule has 0 unspecified atom stereocenters. The topological polar surface area (TPSA) is 58.2 Å². The number of anilines is 2. The quantitative estimate of drug-likeness (QED) is 0.251. The Kier molecular flexibility index (Phi) is 6.81. The van der Waals surface area contributed by atoms with Crippen LogP contribution in [0, 0.1) is 0 Å². The molecule has 0 atom stereocenters. The van der Waals surface area contributed by atoms with Crippen LogP contribution in [-0.2, 0) is 9.59 Å². The van der Waals surface area contributed by atoms with Gasteiger partial charge >= 0.3 is 0 Å². The monoisotopic (exact) mass is 524 g/mol. The number of carbonyl (C=O) groups is 2. The summed E-state index contributed by atoms with van der Waals surface area (Å²) in [7, 11) is 0. The van der Waals surface area contributed by atoms with Crippen LogP contribution in [0.15, 0.2) is 131 Å². The Balaban J connectivity index is 1.09. The van der Waals surface area contributed by atoms with Crippen LogP contribution in [0.3, 0.4) is 0 Å². The van der Waals surface area contributed by atoms with Crippen molar-refractivity contribution in [3.63, 3.8) is 0 Å². The maximum Gasteiger partial charge on any atom is 0.187 e. The third-order valence-corrected chi connectivity index (χ3v) is 7.59. The second-order valence-corrected chi connectivity index (χ2v) is 10.3. The van der Waals surface area contributed by atoms with Gasteiger partial charge in [-0.2, -0.15) is 0 Å². The first kappa shape index (κ1) is 24.5. The highest BCUT2D eigenvalue weighted by molar-refractivity contribution is 7.99. The van der Waals surface area contributed by atoms with E-state index in [0.717, 1.165) is 43.4 Å². The zero-order valence-corrected chi connectivity index (χ0v) is 21.7. The van der Waals surface area contributed by atoms with Crippen molar-refractivity contribution in [2.24, 2.45) is 0 Å². The van der Waals surface area contributed by atoms with Crippen molar-refractivity contribution in [3.8, 4) is 0 Å². The molecule has 2 aliphatic carbocycles. The average molecular weight is 525 g/mol. The summed E-state index contributed by atoms with van der Waals surface area (Å²) >= 11 is 1.67. The van der Waals surface area contributed by atoms with E-state index in [1.54, 1.807) is 36.3 Å². The van der Waals surface area contributed by atoms with E-state index in [0.29, 0.717) is 11.1 Å². The van der Waals surface area contributed by atoms with E-state index in [1.165, 1.54) is 0 Å². The normalized spacial score (nSPS) is 15.8. The SMILES string of the molecule is O=C1C=Cc2ccccc2/C1=C/Nc1ccc(Sc2ccc(N/C=C3\C(=O)C=Cc4ccccc43)cc2)cc1. The van der Waals surface area contributed by atoms with Crippen LogP contribution in [0.25, 0.3) is 23.3 Å². The van der Waals surface area contributed by atoms with Crippen LogP contribution >= 0.6 is 11.8 Å². The Morgan fingerprint density at radius 1 is 0.487 bits per heavy atom. The minimum atomic E-state index is -0.00509. The van der Waals surface area contributed by atoms with Crippen molar-refractivity contribution in [1.82, 2.24) is 0 Å². The Labute approximate surface area is 231 Å². The Morgan fingerprint density at radius 2 is 0.897 bits per heavy atom. The number of hydrogen-bond acceptors (Lipinski definition) is 5. The van der Waals surface area contributed by atoms with Gasteiger partial charge < -0.3 is 10.6 Å². The van der Waals surface area contributed by atoms with Crippen LogP contribution < -0.4 is 10.6 Å². The maximum absolute atomic E-state index is 12.4. The number of hydrogen-bond donors (Lipinski definition) is 2. The van der Waals surface area contributed by atoms with Crippen LogP contribution in [0.4, 0.5) is 11.4 Å². The highest BCUT2D eigenvalue weighted by atomic mass is 32.2. The molecule has 4 aromatic rings. The smallest absolute Gasteiger partial charge is 0.187 e. The molecule has 188 valence electrons. The molecule has 4 aromatic carbocycles. The zero-order chi connectivity index (χ0) is 26.6. The maximum atomic E-state index is 12.4. The van der Waals surface area contributed by atoms with E-state index < -0.39 is 0 Å². The van der Waals surface area contributed by atoms with Gasteiger partial charge in [-0.1, -0.05) is 72.4 Å². The van der Waals surface area contributed by atoms with Gasteiger partial charge in [0.05, 0.1) is 0 Å². The molecule has 0 heterocycles. The van der Waals surface area contributed by atoms with E-state index >= 15 is 0 Å². The number of benzene rings is 4. The fraction of sp³-hybridized carbons (Fsp3) is 0. The Morgan fingerprint density at radius 3 is 1.33 bits per heavy atom. The van der Waals surface area contributed by atoms with Gasteiger partial charge in [-0.05, 0) is 82.9 Å². The van der Waals surface area contributed by atoms with Crippen LogP contribution in [0.5, 0.6) is 0 Å². The van der Waals surface area contributed by atoms with E-state index in [1.807, 2.05) is 84.9 Å². The summed E-state index contributed by atoms with van der Waals surface area (Å²) in [5.41, 5.74) is 7.09. The number of nitrogens with one attached hydrogen (secondary N) is 2. The molecule has 2 aliphatic rings. The predicted molar refractivity (Wildman–Crippen MR) is 161 cm³/mol. The first-order valence-electron chi connectivity index (χ1n) is 12.6. The van der Waals surface area contributed by atoms with Crippen LogP contribution in [-0.4, -0.2) is 11.6 Å². The average Bonchev–Trinajstić information content (AvgIpc) is 2.98. The molecule has 39 heavy (non-hydrogen) atoms. The molecule has 0 radical (unpaired) electrons. The van der Waals surface area contributed by atoms with Crippen LogP contribution in [0.2, 0.25) is 0 Å². The second kappa shape index (κ2) is 10.9. The lowest BCUT2D eigenvalue weighted by Gasteiger charge is -2.14. The van der Waals surface area contributed by atoms with Gasteiger partial charge in [0.25, 0.3) is 0 Å². The number of carbonyl (C=O) groups excluding carboxylic acids is 2. The number of ketones is 2. The first-order chi connectivity index (χ1) is 19.1.